The summed E-state index contributed by atoms with van der Waals surface area (Å²) >= 11 is 0. The van der Waals surface area contributed by atoms with Crippen LogP contribution in [0.15, 0.2) is 77.2 Å². The van der Waals surface area contributed by atoms with E-state index in [1.165, 1.54) is 5.56 Å². The Balaban J connectivity index is 1.40. The molecule has 0 saturated heterocycles. The molecule has 1 aromatic heterocycles. The molecular formula is C30H33N3O4. The number of ether oxygens (including phenoxy) is 1. The van der Waals surface area contributed by atoms with Crippen LogP contribution in [0.2, 0.25) is 0 Å². The predicted octanol–water partition coefficient (Wildman–Crippen LogP) is 6.52. The quantitative estimate of drug-likeness (QED) is 0.216. The largest absolute Gasteiger partial charge is 0.466 e. The zero-order valence-electron chi connectivity index (χ0n) is 21.3. The summed E-state index contributed by atoms with van der Waals surface area (Å²) in [4.78, 5) is 28.4. The normalized spacial score (nSPS) is 11.7. The first kappa shape index (κ1) is 25.9. The minimum Gasteiger partial charge on any atom is -0.466 e. The van der Waals surface area contributed by atoms with Crippen molar-refractivity contribution in [2.24, 2.45) is 0 Å². The van der Waals surface area contributed by atoms with Crippen LogP contribution in [0.5, 0.6) is 0 Å². The van der Waals surface area contributed by atoms with E-state index in [0.29, 0.717) is 18.1 Å². The third-order valence-corrected chi connectivity index (χ3v) is 6.11. The standard InChI is InChI=1S/C30H33N3O4/c1-3-5-8-25(21-11-13-23(14-12-21)30-33-26-9-6-7-10-27(26)37-30)32-24-17-15-22(16-18-24)29(35)31-20-19-28(34)36-4-2/h6-7,9-18,25,32H,3-5,8,19-20H2,1-2H3,(H,31,35)/t25-/m0/s1. The summed E-state index contributed by atoms with van der Waals surface area (Å²) in [5.74, 6) is 0.0810. The number of esters is 1. The fraction of sp³-hybridized carbons (Fsp3) is 0.300. The van der Waals surface area contributed by atoms with Gasteiger partial charge in [-0.3, -0.25) is 9.59 Å². The maximum Gasteiger partial charge on any atom is 0.307 e. The van der Waals surface area contributed by atoms with Gasteiger partial charge in [-0.1, -0.05) is 44.0 Å². The molecule has 0 radical (unpaired) electrons. The second-order valence-electron chi connectivity index (χ2n) is 8.84. The van der Waals surface area contributed by atoms with E-state index < -0.39 is 0 Å². The highest BCUT2D eigenvalue weighted by Crippen LogP contribution is 2.29. The minimum atomic E-state index is -0.317. The van der Waals surface area contributed by atoms with Crippen LogP contribution in [0.3, 0.4) is 0 Å². The average molecular weight is 500 g/mol. The number of oxazole rings is 1. The number of nitrogens with zero attached hydrogens (tertiary/aromatic N) is 1. The number of benzene rings is 3. The summed E-state index contributed by atoms with van der Waals surface area (Å²) < 4.78 is 10.8. The molecule has 7 nitrogen and oxygen atoms in total. The van der Waals surface area contributed by atoms with Gasteiger partial charge in [-0.2, -0.15) is 0 Å². The molecule has 7 heteroatoms. The van der Waals surface area contributed by atoms with Crippen molar-refractivity contribution in [3.8, 4) is 11.5 Å². The molecule has 0 saturated carbocycles. The lowest BCUT2D eigenvalue weighted by Gasteiger charge is -2.21. The second kappa shape index (κ2) is 12.7. The molecule has 0 aliphatic carbocycles. The first-order chi connectivity index (χ1) is 18.1. The lowest BCUT2D eigenvalue weighted by molar-refractivity contribution is -0.142. The number of anilines is 1. The van der Waals surface area contributed by atoms with Gasteiger partial charge < -0.3 is 19.8 Å². The van der Waals surface area contributed by atoms with E-state index in [1.54, 1.807) is 19.1 Å². The van der Waals surface area contributed by atoms with E-state index in [0.717, 1.165) is 41.6 Å². The minimum absolute atomic E-state index is 0.127. The van der Waals surface area contributed by atoms with Crippen LogP contribution in [0.25, 0.3) is 22.6 Å². The lowest BCUT2D eigenvalue weighted by atomic mass is 9.99. The van der Waals surface area contributed by atoms with Crippen LogP contribution >= 0.6 is 0 Å². The summed E-state index contributed by atoms with van der Waals surface area (Å²) in [7, 11) is 0. The number of nitrogens with one attached hydrogen (secondary N) is 2. The Morgan fingerprint density at radius 2 is 1.73 bits per heavy atom. The number of aromatic nitrogens is 1. The Labute approximate surface area is 217 Å². The Morgan fingerprint density at radius 1 is 0.973 bits per heavy atom. The molecule has 0 aliphatic heterocycles. The van der Waals surface area contributed by atoms with Gasteiger partial charge in [0, 0.05) is 23.4 Å². The molecule has 1 amide bonds. The van der Waals surface area contributed by atoms with Crippen molar-refractivity contribution in [3.05, 3.63) is 83.9 Å². The molecule has 0 fully saturated rings. The molecule has 1 atom stereocenters. The Bertz CT molecular complexity index is 1280. The van der Waals surface area contributed by atoms with E-state index in [9.17, 15) is 9.59 Å². The van der Waals surface area contributed by atoms with Gasteiger partial charge in [0.25, 0.3) is 5.91 Å². The smallest absolute Gasteiger partial charge is 0.307 e. The number of carbonyl (C=O) groups excluding carboxylic acids is 2. The fourth-order valence-corrected chi connectivity index (χ4v) is 4.12. The zero-order chi connectivity index (χ0) is 26.0. The maximum atomic E-state index is 12.4. The van der Waals surface area contributed by atoms with E-state index >= 15 is 0 Å². The molecule has 4 aromatic rings. The molecule has 0 aliphatic rings. The zero-order valence-corrected chi connectivity index (χ0v) is 21.3. The van der Waals surface area contributed by atoms with Gasteiger partial charge in [-0.25, -0.2) is 4.98 Å². The Kier molecular flexibility index (Phi) is 8.92. The van der Waals surface area contributed by atoms with E-state index in [2.05, 4.69) is 34.7 Å². The highest BCUT2D eigenvalue weighted by atomic mass is 16.5. The summed E-state index contributed by atoms with van der Waals surface area (Å²) in [5, 5.41) is 6.37. The van der Waals surface area contributed by atoms with Crippen LogP contribution in [0, 0.1) is 0 Å². The van der Waals surface area contributed by atoms with Crippen molar-refractivity contribution in [3.63, 3.8) is 0 Å². The Morgan fingerprint density at radius 3 is 2.43 bits per heavy atom. The highest BCUT2D eigenvalue weighted by molar-refractivity contribution is 5.94. The molecule has 4 rings (SSSR count). The summed E-state index contributed by atoms with van der Waals surface area (Å²) in [5.41, 5.74) is 5.22. The van der Waals surface area contributed by atoms with Crippen LogP contribution in [0.4, 0.5) is 5.69 Å². The van der Waals surface area contributed by atoms with Crippen molar-refractivity contribution < 1.29 is 18.7 Å². The number of hydrogen-bond acceptors (Lipinski definition) is 6. The number of fused-ring (bicyclic) bond motifs is 1. The van der Waals surface area contributed by atoms with Gasteiger partial charge in [-0.15, -0.1) is 0 Å². The fourth-order valence-electron chi connectivity index (χ4n) is 4.12. The predicted molar refractivity (Wildman–Crippen MR) is 145 cm³/mol. The Hall–Kier alpha value is -4.13. The SMILES string of the molecule is CCCC[C@H](Nc1ccc(C(=O)NCCC(=O)OCC)cc1)c1ccc(-c2nc3ccccc3o2)cc1. The molecule has 1 heterocycles. The molecule has 0 unspecified atom stereocenters. The summed E-state index contributed by atoms with van der Waals surface area (Å²) in [6.07, 6.45) is 3.33. The van der Waals surface area contributed by atoms with Crippen molar-refractivity contribution in [2.45, 2.75) is 45.6 Å². The first-order valence-corrected chi connectivity index (χ1v) is 12.8. The number of amides is 1. The van der Waals surface area contributed by atoms with Crippen LogP contribution < -0.4 is 10.6 Å². The molecule has 3 aromatic carbocycles. The highest BCUT2D eigenvalue weighted by Gasteiger charge is 2.14. The number of unbranched alkanes of at least 4 members (excludes halogenated alkanes) is 1. The third kappa shape index (κ3) is 6.97. The topological polar surface area (TPSA) is 93.5 Å². The first-order valence-electron chi connectivity index (χ1n) is 12.8. The summed E-state index contributed by atoms with van der Waals surface area (Å²) in [6.45, 7) is 4.52. The van der Waals surface area contributed by atoms with Crippen molar-refractivity contribution >= 4 is 28.7 Å². The number of para-hydroxylation sites is 2. The number of hydrogen-bond donors (Lipinski definition) is 2. The van der Waals surface area contributed by atoms with Crippen molar-refractivity contribution in [2.75, 3.05) is 18.5 Å². The number of rotatable bonds is 12. The lowest BCUT2D eigenvalue weighted by Crippen LogP contribution is -2.26. The molecular weight excluding hydrogens is 466 g/mol. The molecule has 192 valence electrons. The second-order valence-corrected chi connectivity index (χ2v) is 8.84. The van der Waals surface area contributed by atoms with E-state index in [1.807, 2.05) is 48.5 Å². The van der Waals surface area contributed by atoms with Gasteiger partial charge in [0.15, 0.2) is 5.58 Å². The van der Waals surface area contributed by atoms with Gasteiger partial charge in [0.05, 0.1) is 19.1 Å². The van der Waals surface area contributed by atoms with Gasteiger partial charge in [-0.05, 0) is 67.4 Å². The van der Waals surface area contributed by atoms with Gasteiger partial charge >= 0.3 is 5.97 Å². The van der Waals surface area contributed by atoms with E-state index in [-0.39, 0.29) is 30.9 Å². The van der Waals surface area contributed by atoms with Gasteiger partial charge in [0.2, 0.25) is 5.89 Å². The van der Waals surface area contributed by atoms with Crippen LogP contribution in [0.1, 0.15) is 61.5 Å². The van der Waals surface area contributed by atoms with Crippen LogP contribution in [-0.2, 0) is 9.53 Å². The number of carbonyl (C=O) groups is 2. The molecule has 37 heavy (non-hydrogen) atoms. The third-order valence-electron chi connectivity index (χ3n) is 6.11. The monoisotopic (exact) mass is 499 g/mol. The maximum absolute atomic E-state index is 12.4. The van der Waals surface area contributed by atoms with Crippen molar-refractivity contribution in [1.82, 2.24) is 10.3 Å². The van der Waals surface area contributed by atoms with Crippen molar-refractivity contribution in [1.29, 1.82) is 0 Å². The summed E-state index contributed by atoms with van der Waals surface area (Å²) in [6, 6.07) is 23.6. The van der Waals surface area contributed by atoms with Gasteiger partial charge in [0.1, 0.15) is 5.52 Å². The molecule has 2 N–H and O–H groups in total. The molecule has 0 bridgehead atoms. The average Bonchev–Trinajstić information content (AvgIpc) is 3.36. The van der Waals surface area contributed by atoms with E-state index in [4.69, 9.17) is 9.15 Å². The molecule has 0 spiro atoms. The van der Waals surface area contributed by atoms with Crippen LogP contribution in [-0.4, -0.2) is 30.0 Å².